The highest BCUT2D eigenvalue weighted by atomic mass is 35.5. The normalized spacial score (nSPS) is 24.9. The van der Waals surface area contributed by atoms with Gasteiger partial charge in [-0.25, -0.2) is 0 Å². The minimum Gasteiger partial charge on any atom is -0.374 e. The molecule has 1 aliphatic rings. The first-order chi connectivity index (χ1) is 7.75. The first-order valence-electron chi connectivity index (χ1n) is 5.46. The molecule has 0 saturated heterocycles. The zero-order valence-corrected chi connectivity index (χ0v) is 10.8. The molecule has 0 N–H and O–H groups in total. The summed E-state index contributed by atoms with van der Waals surface area (Å²) in [4.78, 5) is 0. The molecule has 5 heteroatoms. The van der Waals surface area contributed by atoms with Crippen LogP contribution in [0.15, 0.2) is 12.2 Å². The van der Waals surface area contributed by atoms with Crippen molar-refractivity contribution in [3.63, 3.8) is 0 Å². The van der Waals surface area contributed by atoms with Crippen molar-refractivity contribution in [1.82, 2.24) is 10.2 Å². The van der Waals surface area contributed by atoms with Crippen molar-refractivity contribution in [2.45, 2.75) is 26.4 Å². The van der Waals surface area contributed by atoms with Crippen LogP contribution in [-0.2, 0) is 11.3 Å². The van der Waals surface area contributed by atoms with E-state index in [0.29, 0.717) is 22.9 Å². The lowest BCUT2D eigenvalue weighted by atomic mass is 9.85. The van der Waals surface area contributed by atoms with Gasteiger partial charge in [0.2, 0.25) is 4.47 Å². The number of allylic oxidation sites excluding steroid dienone is 2. The summed E-state index contributed by atoms with van der Waals surface area (Å²) >= 11 is 7.07. The van der Waals surface area contributed by atoms with E-state index in [4.69, 9.17) is 16.3 Å². The molecule has 0 radical (unpaired) electrons. The Labute approximate surface area is 104 Å². The molecule has 0 bridgehead atoms. The SMILES string of the molecule is CC1CC=CCC1COCc1nnc(Cl)s1. The molecule has 1 heterocycles. The van der Waals surface area contributed by atoms with Gasteiger partial charge in [-0.15, -0.1) is 10.2 Å². The Balaban J connectivity index is 1.73. The second-order valence-corrected chi connectivity index (χ2v) is 5.79. The van der Waals surface area contributed by atoms with Crippen molar-refractivity contribution in [3.8, 4) is 0 Å². The van der Waals surface area contributed by atoms with Crippen LogP contribution in [0.25, 0.3) is 0 Å². The van der Waals surface area contributed by atoms with E-state index in [0.717, 1.165) is 18.0 Å². The average Bonchev–Trinajstić information content (AvgIpc) is 2.67. The molecular weight excluding hydrogens is 244 g/mol. The van der Waals surface area contributed by atoms with E-state index < -0.39 is 0 Å². The highest BCUT2D eigenvalue weighted by Gasteiger charge is 2.18. The molecule has 2 rings (SSSR count). The molecular formula is C11H15ClN2OS. The molecule has 2 atom stereocenters. The summed E-state index contributed by atoms with van der Waals surface area (Å²) in [6.45, 7) is 3.60. The second-order valence-electron chi connectivity index (χ2n) is 4.14. The number of ether oxygens (including phenoxy) is 1. The van der Waals surface area contributed by atoms with E-state index in [1.54, 1.807) is 0 Å². The Bertz CT molecular complexity index is 367. The standard InChI is InChI=1S/C11H15ClN2OS/c1-8-4-2-3-5-9(8)6-15-7-10-13-14-11(12)16-10/h2-3,8-9H,4-7H2,1H3. The number of hydrogen-bond donors (Lipinski definition) is 0. The van der Waals surface area contributed by atoms with Gasteiger partial charge in [-0.2, -0.15) is 0 Å². The first kappa shape index (κ1) is 12.0. The highest BCUT2D eigenvalue weighted by Crippen LogP contribution is 2.25. The molecule has 2 unspecified atom stereocenters. The van der Waals surface area contributed by atoms with Crippen LogP contribution in [-0.4, -0.2) is 16.8 Å². The molecule has 1 aromatic rings. The minimum atomic E-state index is 0.479. The van der Waals surface area contributed by atoms with Crippen LogP contribution in [0.3, 0.4) is 0 Å². The molecule has 1 aromatic heterocycles. The predicted octanol–water partition coefficient (Wildman–Crippen LogP) is 3.31. The fourth-order valence-electron chi connectivity index (χ4n) is 1.83. The Kier molecular flexibility index (Phi) is 4.32. The maximum atomic E-state index is 5.69. The molecule has 1 aliphatic carbocycles. The summed E-state index contributed by atoms with van der Waals surface area (Å²) in [5, 5.41) is 8.51. The number of aromatic nitrogens is 2. The van der Waals surface area contributed by atoms with Crippen LogP contribution in [0.4, 0.5) is 0 Å². The lowest BCUT2D eigenvalue weighted by Crippen LogP contribution is -2.19. The van der Waals surface area contributed by atoms with Gasteiger partial charge in [0.25, 0.3) is 0 Å². The number of halogens is 1. The Morgan fingerprint density at radius 3 is 2.94 bits per heavy atom. The summed E-state index contributed by atoms with van der Waals surface area (Å²) < 4.78 is 6.14. The van der Waals surface area contributed by atoms with Crippen LogP contribution in [0.1, 0.15) is 24.8 Å². The molecule has 0 aromatic carbocycles. The molecule has 0 spiro atoms. The van der Waals surface area contributed by atoms with Gasteiger partial charge < -0.3 is 4.74 Å². The lowest BCUT2D eigenvalue weighted by molar-refractivity contribution is 0.0676. The Morgan fingerprint density at radius 2 is 2.25 bits per heavy atom. The Hall–Kier alpha value is -0.450. The van der Waals surface area contributed by atoms with E-state index in [-0.39, 0.29) is 0 Å². The molecule has 0 fully saturated rings. The van der Waals surface area contributed by atoms with Crippen LogP contribution in [0, 0.1) is 11.8 Å². The van der Waals surface area contributed by atoms with Crippen LogP contribution >= 0.6 is 22.9 Å². The van der Waals surface area contributed by atoms with Gasteiger partial charge in [-0.1, -0.05) is 30.4 Å². The fraction of sp³-hybridized carbons (Fsp3) is 0.636. The summed E-state index contributed by atoms with van der Waals surface area (Å²) in [5.41, 5.74) is 0. The summed E-state index contributed by atoms with van der Waals surface area (Å²) in [6, 6.07) is 0. The highest BCUT2D eigenvalue weighted by molar-refractivity contribution is 7.15. The van der Waals surface area contributed by atoms with Crippen molar-refractivity contribution in [2.24, 2.45) is 11.8 Å². The van der Waals surface area contributed by atoms with E-state index in [1.807, 2.05) is 0 Å². The molecule has 88 valence electrons. The number of rotatable bonds is 4. The monoisotopic (exact) mass is 258 g/mol. The third-order valence-electron chi connectivity index (χ3n) is 2.92. The van der Waals surface area contributed by atoms with Crippen molar-refractivity contribution < 1.29 is 4.74 Å². The average molecular weight is 259 g/mol. The number of nitrogens with zero attached hydrogens (tertiary/aromatic N) is 2. The molecule has 0 aliphatic heterocycles. The molecule has 16 heavy (non-hydrogen) atoms. The fourth-order valence-corrected chi connectivity index (χ4v) is 2.63. The third-order valence-corrected chi connectivity index (χ3v) is 3.91. The van der Waals surface area contributed by atoms with E-state index in [9.17, 15) is 0 Å². The van der Waals surface area contributed by atoms with E-state index in [1.165, 1.54) is 17.8 Å². The first-order valence-corrected chi connectivity index (χ1v) is 6.66. The third kappa shape index (κ3) is 3.27. The topological polar surface area (TPSA) is 35.0 Å². The maximum absolute atomic E-state index is 5.69. The smallest absolute Gasteiger partial charge is 0.207 e. The van der Waals surface area contributed by atoms with Crippen molar-refractivity contribution in [3.05, 3.63) is 21.6 Å². The van der Waals surface area contributed by atoms with Crippen LogP contribution < -0.4 is 0 Å². The van der Waals surface area contributed by atoms with Gasteiger partial charge in [-0.05, 0) is 36.3 Å². The zero-order valence-electron chi connectivity index (χ0n) is 9.23. The van der Waals surface area contributed by atoms with Gasteiger partial charge in [0.15, 0.2) is 0 Å². The van der Waals surface area contributed by atoms with Crippen molar-refractivity contribution in [2.75, 3.05) is 6.61 Å². The van der Waals surface area contributed by atoms with E-state index in [2.05, 4.69) is 29.3 Å². The van der Waals surface area contributed by atoms with Gasteiger partial charge in [0.05, 0.1) is 6.61 Å². The molecule has 0 saturated carbocycles. The molecule has 3 nitrogen and oxygen atoms in total. The van der Waals surface area contributed by atoms with Gasteiger partial charge >= 0.3 is 0 Å². The maximum Gasteiger partial charge on any atom is 0.207 e. The lowest BCUT2D eigenvalue weighted by Gasteiger charge is -2.24. The molecule has 0 amide bonds. The van der Waals surface area contributed by atoms with Crippen LogP contribution in [0.2, 0.25) is 4.47 Å². The largest absolute Gasteiger partial charge is 0.374 e. The van der Waals surface area contributed by atoms with Gasteiger partial charge in [0.1, 0.15) is 11.6 Å². The summed E-state index contributed by atoms with van der Waals surface area (Å²) in [7, 11) is 0. The second kappa shape index (κ2) is 5.75. The van der Waals surface area contributed by atoms with Gasteiger partial charge in [-0.3, -0.25) is 0 Å². The van der Waals surface area contributed by atoms with Gasteiger partial charge in [0, 0.05) is 0 Å². The van der Waals surface area contributed by atoms with E-state index >= 15 is 0 Å². The minimum absolute atomic E-state index is 0.479. The van der Waals surface area contributed by atoms with Crippen LogP contribution in [0.5, 0.6) is 0 Å². The van der Waals surface area contributed by atoms with Crippen molar-refractivity contribution >= 4 is 22.9 Å². The van der Waals surface area contributed by atoms with Crippen molar-refractivity contribution in [1.29, 1.82) is 0 Å². The summed E-state index contributed by atoms with van der Waals surface area (Å²) in [5.74, 6) is 1.34. The zero-order chi connectivity index (χ0) is 11.4. The predicted molar refractivity (Wildman–Crippen MR) is 65.6 cm³/mol. The number of hydrogen-bond acceptors (Lipinski definition) is 4. The Morgan fingerprint density at radius 1 is 1.44 bits per heavy atom. The quantitative estimate of drug-likeness (QED) is 0.778. The summed E-state index contributed by atoms with van der Waals surface area (Å²) in [6.07, 6.45) is 6.79.